The third-order valence-corrected chi connectivity index (χ3v) is 5.71. The standard InChI is InChI=1S/C17H33NO/c1-5-17(3,4)13-7-9-14(10-8-13)18-15-11-16(12-15)19-6-2/h13-16,18H,5-12H2,1-4H3. The zero-order valence-corrected chi connectivity index (χ0v) is 13.4. The molecule has 2 heteroatoms. The molecule has 0 unspecified atom stereocenters. The zero-order chi connectivity index (χ0) is 13.9. The van der Waals surface area contributed by atoms with Crippen LogP contribution in [0.15, 0.2) is 0 Å². The molecule has 0 atom stereocenters. The summed E-state index contributed by atoms with van der Waals surface area (Å²) in [7, 11) is 0. The van der Waals surface area contributed by atoms with Gasteiger partial charge in [0.2, 0.25) is 0 Å². The van der Waals surface area contributed by atoms with Crippen LogP contribution in [0.5, 0.6) is 0 Å². The molecule has 2 aliphatic carbocycles. The molecule has 2 fully saturated rings. The molecule has 2 rings (SSSR count). The van der Waals surface area contributed by atoms with Crippen molar-refractivity contribution in [1.29, 1.82) is 0 Å². The van der Waals surface area contributed by atoms with Crippen LogP contribution in [0, 0.1) is 11.3 Å². The summed E-state index contributed by atoms with van der Waals surface area (Å²) in [5, 5.41) is 3.85. The minimum Gasteiger partial charge on any atom is -0.378 e. The molecule has 0 aliphatic heterocycles. The van der Waals surface area contributed by atoms with Gasteiger partial charge in [0.05, 0.1) is 6.10 Å². The predicted molar refractivity (Wildman–Crippen MR) is 81.4 cm³/mol. The molecule has 1 N–H and O–H groups in total. The highest BCUT2D eigenvalue weighted by atomic mass is 16.5. The van der Waals surface area contributed by atoms with E-state index in [4.69, 9.17) is 4.74 Å². The van der Waals surface area contributed by atoms with E-state index in [0.717, 1.165) is 24.6 Å². The summed E-state index contributed by atoms with van der Waals surface area (Å²) in [5.74, 6) is 0.938. The van der Waals surface area contributed by atoms with Crippen LogP contribution in [0.2, 0.25) is 0 Å². The first-order chi connectivity index (χ1) is 9.05. The van der Waals surface area contributed by atoms with Gasteiger partial charge in [-0.3, -0.25) is 0 Å². The van der Waals surface area contributed by atoms with E-state index in [9.17, 15) is 0 Å². The summed E-state index contributed by atoms with van der Waals surface area (Å²) < 4.78 is 5.63. The molecular formula is C17H33NO. The van der Waals surface area contributed by atoms with Gasteiger partial charge in [-0.25, -0.2) is 0 Å². The Morgan fingerprint density at radius 3 is 2.16 bits per heavy atom. The Hall–Kier alpha value is -0.0800. The number of nitrogens with one attached hydrogen (secondary N) is 1. The van der Waals surface area contributed by atoms with E-state index in [1.165, 1.54) is 44.9 Å². The second-order valence-corrected chi connectivity index (χ2v) is 7.30. The predicted octanol–water partition coefficient (Wildman–Crippen LogP) is 4.14. The topological polar surface area (TPSA) is 21.3 Å². The van der Waals surface area contributed by atoms with Crippen molar-refractivity contribution in [2.75, 3.05) is 6.61 Å². The lowest BCUT2D eigenvalue weighted by Crippen LogP contribution is -2.50. The fourth-order valence-corrected chi connectivity index (χ4v) is 3.74. The van der Waals surface area contributed by atoms with E-state index in [-0.39, 0.29) is 0 Å². The van der Waals surface area contributed by atoms with Gasteiger partial charge in [0.25, 0.3) is 0 Å². The van der Waals surface area contributed by atoms with Crippen LogP contribution in [0.3, 0.4) is 0 Å². The number of hydrogen-bond donors (Lipinski definition) is 1. The van der Waals surface area contributed by atoms with Gasteiger partial charge in [-0.2, -0.15) is 0 Å². The molecule has 0 aromatic carbocycles. The largest absolute Gasteiger partial charge is 0.378 e. The highest BCUT2D eigenvalue weighted by Crippen LogP contribution is 2.40. The van der Waals surface area contributed by atoms with Crippen molar-refractivity contribution in [3.8, 4) is 0 Å². The number of hydrogen-bond acceptors (Lipinski definition) is 2. The van der Waals surface area contributed by atoms with Gasteiger partial charge in [0.15, 0.2) is 0 Å². The fraction of sp³-hybridized carbons (Fsp3) is 1.00. The van der Waals surface area contributed by atoms with E-state index >= 15 is 0 Å². The van der Waals surface area contributed by atoms with Crippen LogP contribution in [-0.2, 0) is 4.74 Å². The van der Waals surface area contributed by atoms with Crippen LogP contribution < -0.4 is 5.32 Å². The summed E-state index contributed by atoms with van der Waals surface area (Å²) in [6.07, 6.45) is 9.91. The summed E-state index contributed by atoms with van der Waals surface area (Å²) in [6.45, 7) is 10.2. The zero-order valence-electron chi connectivity index (χ0n) is 13.4. The maximum Gasteiger partial charge on any atom is 0.0604 e. The van der Waals surface area contributed by atoms with Crippen LogP contribution in [0.1, 0.15) is 72.6 Å². The molecule has 112 valence electrons. The second kappa shape index (κ2) is 6.58. The molecule has 0 aromatic heterocycles. The van der Waals surface area contributed by atoms with Crippen molar-refractivity contribution >= 4 is 0 Å². The molecule has 2 saturated carbocycles. The monoisotopic (exact) mass is 267 g/mol. The van der Waals surface area contributed by atoms with Crippen LogP contribution in [0.25, 0.3) is 0 Å². The molecule has 0 aromatic rings. The Bertz CT molecular complexity index is 262. The summed E-state index contributed by atoms with van der Waals surface area (Å²) in [5.41, 5.74) is 0.543. The fourth-order valence-electron chi connectivity index (χ4n) is 3.74. The van der Waals surface area contributed by atoms with Crippen LogP contribution in [-0.4, -0.2) is 24.8 Å². The van der Waals surface area contributed by atoms with Crippen molar-refractivity contribution in [2.45, 2.75) is 90.8 Å². The minimum absolute atomic E-state index is 0.540. The third kappa shape index (κ3) is 3.95. The van der Waals surface area contributed by atoms with Gasteiger partial charge in [0.1, 0.15) is 0 Å². The molecule has 0 spiro atoms. The van der Waals surface area contributed by atoms with Crippen LogP contribution in [0.4, 0.5) is 0 Å². The molecule has 0 radical (unpaired) electrons. The van der Waals surface area contributed by atoms with Gasteiger partial charge >= 0.3 is 0 Å². The Kier molecular flexibility index (Phi) is 5.30. The molecule has 2 aliphatic rings. The van der Waals surface area contributed by atoms with Gasteiger partial charge in [-0.05, 0) is 56.8 Å². The number of rotatable bonds is 6. The third-order valence-electron chi connectivity index (χ3n) is 5.71. The first-order valence-corrected chi connectivity index (χ1v) is 8.42. The van der Waals surface area contributed by atoms with Crippen LogP contribution >= 0.6 is 0 Å². The smallest absolute Gasteiger partial charge is 0.0604 e. The maximum absolute atomic E-state index is 5.63. The average molecular weight is 267 g/mol. The summed E-state index contributed by atoms with van der Waals surface area (Å²) in [6, 6.07) is 1.51. The van der Waals surface area contributed by atoms with Gasteiger partial charge in [-0.15, -0.1) is 0 Å². The summed E-state index contributed by atoms with van der Waals surface area (Å²) in [4.78, 5) is 0. The maximum atomic E-state index is 5.63. The minimum atomic E-state index is 0.540. The van der Waals surface area contributed by atoms with Crippen molar-refractivity contribution < 1.29 is 4.74 Å². The molecule has 0 heterocycles. The normalized spacial score (nSPS) is 36.0. The van der Waals surface area contributed by atoms with E-state index in [0.29, 0.717) is 11.5 Å². The van der Waals surface area contributed by atoms with E-state index in [2.05, 4.69) is 33.0 Å². The number of ether oxygens (including phenoxy) is 1. The van der Waals surface area contributed by atoms with E-state index in [1.807, 2.05) is 0 Å². The van der Waals surface area contributed by atoms with Gasteiger partial charge in [0, 0.05) is 18.7 Å². The first kappa shape index (κ1) is 15.3. The Labute approximate surface area is 119 Å². The van der Waals surface area contributed by atoms with Crippen molar-refractivity contribution in [1.82, 2.24) is 5.32 Å². The molecule has 0 amide bonds. The van der Waals surface area contributed by atoms with Gasteiger partial charge < -0.3 is 10.1 Å². The Morgan fingerprint density at radius 1 is 1.00 bits per heavy atom. The highest BCUT2D eigenvalue weighted by Gasteiger charge is 2.35. The van der Waals surface area contributed by atoms with E-state index < -0.39 is 0 Å². The van der Waals surface area contributed by atoms with Gasteiger partial charge in [-0.1, -0.05) is 27.2 Å². The lowest BCUT2D eigenvalue weighted by molar-refractivity contribution is -0.0146. The Balaban J connectivity index is 1.65. The van der Waals surface area contributed by atoms with E-state index in [1.54, 1.807) is 0 Å². The lowest BCUT2D eigenvalue weighted by Gasteiger charge is -2.42. The van der Waals surface area contributed by atoms with Crippen molar-refractivity contribution in [3.05, 3.63) is 0 Å². The molecule has 0 bridgehead atoms. The van der Waals surface area contributed by atoms with Crippen molar-refractivity contribution in [2.24, 2.45) is 11.3 Å². The molecule has 0 saturated heterocycles. The molecule has 2 nitrogen and oxygen atoms in total. The highest BCUT2D eigenvalue weighted by molar-refractivity contribution is 4.91. The van der Waals surface area contributed by atoms with Crippen molar-refractivity contribution in [3.63, 3.8) is 0 Å². The SMILES string of the molecule is CCOC1CC(NC2CCC(C(C)(C)CC)CC2)C1. The molecular weight excluding hydrogens is 234 g/mol. The second-order valence-electron chi connectivity index (χ2n) is 7.30. The average Bonchev–Trinajstić information content (AvgIpc) is 2.37. The Morgan fingerprint density at radius 2 is 1.63 bits per heavy atom. The lowest BCUT2D eigenvalue weighted by atomic mass is 9.68. The summed E-state index contributed by atoms with van der Waals surface area (Å²) >= 11 is 0. The first-order valence-electron chi connectivity index (χ1n) is 8.42. The molecule has 19 heavy (non-hydrogen) atoms. The quantitative estimate of drug-likeness (QED) is 0.781.